The highest BCUT2D eigenvalue weighted by atomic mass is 32.2. The van der Waals surface area contributed by atoms with Gasteiger partial charge in [-0.3, -0.25) is 0 Å². The van der Waals surface area contributed by atoms with Crippen LogP contribution in [0.25, 0.3) is 0 Å². The lowest BCUT2D eigenvalue weighted by Gasteiger charge is -2.08. The highest BCUT2D eigenvalue weighted by Gasteiger charge is 2.06. The molecule has 2 rings (SSSR count). The summed E-state index contributed by atoms with van der Waals surface area (Å²) in [6, 6.07) is 6.53. The van der Waals surface area contributed by atoms with Gasteiger partial charge in [0.15, 0.2) is 4.34 Å². The molecule has 0 radical (unpaired) electrons. The summed E-state index contributed by atoms with van der Waals surface area (Å²) in [6.45, 7) is 6.53. The number of aryl methyl sites for hydroxylation is 2. The van der Waals surface area contributed by atoms with Gasteiger partial charge in [-0.25, -0.2) is 4.98 Å². The van der Waals surface area contributed by atoms with Crippen LogP contribution in [0, 0.1) is 13.8 Å². The second-order valence-corrected chi connectivity index (χ2v) is 6.52. The Labute approximate surface area is 128 Å². The molecule has 1 N–H and O–H groups in total. The maximum absolute atomic E-state index is 5.01. The van der Waals surface area contributed by atoms with E-state index in [9.17, 15) is 0 Å². The second-order valence-electron chi connectivity index (χ2n) is 4.48. The minimum atomic E-state index is 0.739. The molecule has 0 atom stereocenters. The predicted octanol–water partition coefficient (Wildman–Crippen LogP) is 3.04. The molecule has 0 unspecified atom stereocenters. The molecule has 1 aromatic carbocycles. The monoisotopic (exact) mass is 309 g/mol. The molecule has 20 heavy (non-hydrogen) atoms. The van der Waals surface area contributed by atoms with Gasteiger partial charge in [0.05, 0.1) is 6.61 Å². The van der Waals surface area contributed by atoms with Crippen LogP contribution in [0.5, 0.6) is 0 Å². The van der Waals surface area contributed by atoms with Crippen LogP contribution in [0.3, 0.4) is 0 Å². The molecule has 0 bridgehead atoms. The SMILES string of the molecule is COCCNCc1ccc(Sc2nc(C)ns2)c(C)c1. The number of ether oxygens (including phenoxy) is 1. The smallest absolute Gasteiger partial charge is 0.174 e. The molecular weight excluding hydrogens is 290 g/mol. The van der Waals surface area contributed by atoms with Crippen LogP contribution in [0.2, 0.25) is 0 Å². The highest BCUT2D eigenvalue weighted by molar-refractivity contribution is 8.01. The Kier molecular flexibility index (Phi) is 5.97. The summed E-state index contributed by atoms with van der Waals surface area (Å²) < 4.78 is 10.2. The minimum absolute atomic E-state index is 0.739. The number of benzene rings is 1. The zero-order valence-corrected chi connectivity index (χ0v) is 13.6. The Hall–Kier alpha value is -0.950. The fraction of sp³-hybridized carbons (Fsp3) is 0.429. The van der Waals surface area contributed by atoms with Crippen molar-refractivity contribution < 1.29 is 4.74 Å². The van der Waals surface area contributed by atoms with Crippen LogP contribution in [-0.2, 0) is 11.3 Å². The van der Waals surface area contributed by atoms with Gasteiger partial charge >= 0.3 is 0 Å². The first-order chi connectivity index (χ1) is 9.69. The van der Waals surface area contributed by atoms with Crippen LogP contribution in [-0.4, -0.2) is 29.6 Å². The van der Waals surface area contributed by atoms with Crippen molar-refractivity contribution in [1.29, 1.82) is 0 Å². The topological polar surface area (TPSA) is 47.0 Å². The van der Waals surface area contributed by atoms with E-state index in [1.807, 2.05) is 6.92 Å². The van der Waals surface area contributed by atoms with Gasteiger partial charge < -0.3 is 10.1 Å². The molecule has 1 aromatic heterocycles. The third-order valence-corrected chi connectivity index (χ3v) is 4.78. The number of rotatable bonds is 7. The average Bonchev–Trinajstić information content (AvgIpc) is 2.83. The Morgan fingerprint density at radius 3 is 2.85 bits per heavy atom. The highest BCUT2D eigenvalue weighted by Crippen LogP contribution is 2.31. The molecule has 1 heterocycles. The zero-order valence-electron chi connectivity index (χ0n) is 12.0. The van der Waals surface area contributed by atoms with Crippen LogP contribution in [0.15, 0.2) is 27.4 Å². The van der Waals surface area contributed by atoms with Crippen molar-refractivity contribution in [2.45, 2.75) is 29.6 Å². The lowest BCUT2D eigenvalue weighted by molar-refractivity contribution is 0.199. The van der Waals surface area contributed by atoms with Gasteiger partial charge in [-0.1, -0.05) is 23.9 Å². The van der Waals surface area contributed by atoms with Crippen molar-refractivity contribution in [3.63, 3.8) is 0 Å². The fourth-order valence-electron chi connectivity index (χ4n) is 1.76. The summed E-state index contributed by atoms with van der Waals surface area (Å²) in [5, 5.41) is 3.35. The lowest BCUT2D eigenvalue weighted by atomic mass is 10.1. The van der Waals surface area contributed by atoms with E-state index in [4.69, 9.17) is 4.74 Å². The summed E-state index contributed by atoms with van der Waals surface area (Å²) in [5.41, 5.74) is 2.56. The molecule has 2 aromatic rings. The van der Waals surface area contributed by atoms with Crippen LogP contribution >= 0.6 is 23.3 Å². The standard InChI is InChI=1S/C14H19N3OS2/c1-10-8-12(9-15-6-7-18-3)4-5-13(10)19-14-16-11(2)17-20-14/h4-5,8,15H,6-7,9H2,1-3H3. The number of methoxy groups -OCH3 is 1. The van der Waals surface area contributed by atoms with Gasteiger partial charge in [0.25, 0.3) is 0 Å². The Balaban J connectivity index is 1.95. The molecule has 0 saturated heterocycles. The summed E-state index contributed by atoms with van der Waals surface area (Å²) >= 11 is 3.13. The van der Waals surface area contributed by atoms with Gasteiger partial charge in [-0.15, -0.1) is 0 Å². The van der Waals surface area contributed by atoms with Crippen LogP contribution in [0.4, 0.5) is 0 Å². The third kappa shape index (κ3) is 4.56. The Morgan fingerprint density at radius 2 is 2.20 bits per heavy atom. The summed E-state index contributed by atoms with van der Waals surface area (Å²) in [6.07, 6.45) is 0. The molecule has 0 fully saturated rings. The fourth-order valence-corrected chi connectivity index (χ4v) is 3.43. The number of hydrogen-bond donors (Lipinski definition) is 1. The van der Waals surface area contributed by atoms with Crippen molar-refractivity contribution >= 4 is 23.3 Å². The van der Waals surface area contributed by atoms with E-state index < -0.39 is 0 Å². The summed E-state index contributed by atoms with van der Waals surface area (Å²) in [7, 11) is 1.72. The van der Waals surface area contributed by atoms with E-state index >= 15 is 0 Å². The quantitative estimate of drug-likeness (QED) is 0.797. The van der Waals surface area contributed by atoms with Crippen molar-refractivity contribution in [1.82, 2.24) is 14.7 Å². The largest absolute Gasteiger partial charge is 0.383 e. The van der Waals surface area contributed by atoms with Gasteiger partial charge in [-0.05, 0) is 42.6 Å². The minimum Gasteiger partial charge on any atom is -0.383 e. The second kappa shape index (κ2) is 7.73. The van der Waals surface area contributed by atoms with Crippen molar-refractivity contribution in [2.24, 2.45) is 0 Å². The van der Waals surface area contributed by atoms with Gasteiger partial charge in [-0.2, -0.15) is 4.37 Å². The molecule has 4 nitrogen and oxygen atoms in total. The van der Waals surface area contributed by atoms with Crippen molar-refractivity contribution in [3.8, 4) is 0 Å². The van der Waals surface area contributed by atoms with Gasteiger partial charge in [0.1, 0.15) is 5.82 Å². The number of nitrogens with one attached hydrogen (secondary N) is 1. The predicted molar refractivity (Wildman–Crippen MR) is 83.5 cm³/mol. The molecule has 0 saturated carbocycles. The molecule has 0 aliphatic rings. The Bertz CT molecular complexity index is 557. The first kappa shape index (κ1) is 15.4. The molecule has 6 heteroatoms. The zero-order chi connectivity index (χ0) is 14.4. The van der Waals surface area contributed by atoms with E-state index in [2.05, 4.69) is 39.8 Å². The first-order valence-electron chi connectivity index (χ1n) is 6.46. The molecule has 108 valence electrons. The molecule has 0 spiro atoms. The van der Waals surface area contributed by atoms with E-state index in [0.29, 0.717) is 0 Å². The van der Waals surface area contributed by atoms with Gasteiger partial charge in [0.2, 0.25) is 0 Å². The summed E-state index contributed by atoms with van der Waals surface area (Å²) in [5.74, 6) is 0.842. The molecule has 0 aliphatic heterocycles. The first-order valence-corrected chi connectivity index (χ1v) is 8.05. The summed E-state index contributed by atoms with van der Waals surface area (Å²) in [4.78, 5) is 5.62. The van der Waals surface area contributed by atoms with Gasteiger partial charge in [0, 0.05) is 25.1 Å². The number of hydrogen-bond acceptors (Lipinski definition) is 6. The molecule has 0 amide bonds. The maximum atomic E-state index is 5.01. The van der Waals surface area contributed by atoms with Crippen LogP contribution < -0.4 is 5.32 Å². The molecular formula is C14H19N3OS2. The third-order valence-electron chi connectivity index (χ3n) is 2.76. The maximum Gasteiger partial charge on any atom is 0.174 e. The normalized spacial score (nSPS) is 10.9. The van der Waals surface area contributed by atoms with E-state index in [-0.39, 0.29) is 0 Å². The van der Waals surface area contributed by atoms with E-state index in [0.717, 1.165) is 29.9 Å². The van der Waals surface area contributed by atoms with Crippen molar-refractivity contribution in [2.75, 3.05) is 20.3 Å². The van der Waals surface area contributed by atoms with Crippen molar-refractivity contribution in [3.05, 3.63) is 35.2 Å². The molecule has 0 aliphatic carbocycles. The number of nitrogens with zero attached hydrogens (tertiary/aromatic N) is 2. The van der Waals surface area contributed by atoms with E-state index in [1.165, 1.54) is 27.6 Å². The lowest BCUT2D eigenvalue weighted by Crippen LogP contribution is -2.18. The number of aromatic nitrogens is 2. The Morgan fingerprint density at radius 1 is 1.35 bits per heavy atom. The van der Waals surface area contributed by atoms with Crippen LogP contribution in [0.1, 0.15) is 17.0 Å². The average molecular weight is 309 g/mol. The van der Waals surface area contributed by atoms with E-state index in [1.54, 1.807) is 18.9 Å².